The number of ether oxygens (including phenoxy) is 7. The molecule has 2 fully saturated rings. The number of rotatable bonds is 11. The smallest absolute Gasteiger partial charge is 0.164 e. The zero-order chi connectivity index (χ0) is 27.2. The van der Waals surface area contributed by atoms with E-state index in [1.807, 2.05) is 98.8 Å². The third-order valence-electron chi connectivity index (χ3n) is 7.23. The third-order valence-corrected chi connectivity index (χ3v) is 7.23. The summed E-state index contributed by atoms with van der Waals surface area (Å²) in [4.78, 5) is 0. The van der Waals surface area contributed by atoms with Crippen LogP contribution in [0, 0.1) is 0 Å². The first kappa shape index (κ1) is 27.8. The molecule has 0 spiro atoms. The monoisotopic (exact) mass is 534 g/mol. The zero-order valence-electron chi connectivity index (χ0n) is 23.0. The van der Waals surface area contributed by atoms with E-state index in [9.17, 15) is 0 Å². The van der Waals surface area contributed by atoms with Crippen LogP contribution in [-0.2, 0) is 48.2 Å². The summed E-state index contributed by atoms with van der Waals surface area (Å²) >= 11 is 0. The van der Waals surface area contributed by atoms with E-state index in [1.54, 1.807) is 14.2 Å². The molecule has 208 valence electrons. The number of fused-ring (bicyclic) bond motifs is 1. The Morgan fingerprint density at radius 2 is 1.00 bits per heavy atom. The van der Waals surface area contributed by atoms with Crippen LogP contribution in [0.5, 0.6) is 5.75 Å². The minimum absolute atomic E-state index is 0.377. The van der Waals surface area contributed by atoms with Crippen molar-refractivity contribution < 1.29 is 33.2 Å². The maximum Gasteiger partial charge on any atom is 0.164 e. The van der Waals surface area contributed by atoms with Crippen LogP contribution >= 0.6 is 0 Å². The molecule has 7 nitrogen and oxygen atoms in total. The van der Waals surface area contributed by atoms with Crippen LogP contribution in [0.15, 0.2) is 84.9 Å². The summed E-state index contributed by atoms with van der Waals surface area (Å²) in [5.74, 6) is -0.00816. The van der Waals surface area contributed by atoms with Gasteiger partial charge in [-0.1, -0.05) is 72.8 Å². The van der Waals surface area contributed by atoms with E-state index in [1.165, 1.54) is 0 Å². The molecule has 0 unspecified atom stereocenters. The van der Waals surface area contributed by atoms with Gasteiger partial charge in [-0.15, -0.1) is 0 Å². The summed E-state index contributed by atoms with van der Waals surface area (Å²) in [6.07, 6.45) is -2.60. The minimum Gasteiger partial charge on any atom is -0.497 e. The van der Waals surface area contributed by atoms with Crippen LogP contribution in [0.2, 0.25) is 0 Å². The summed E-state index contributed by atoms with van der Waals surface area (Å²) in [5, 5.41) is 0. The van der Waals surface area contributed by atoms with E-state index in [-0.39, 0.29) is 0 Å². The Labute approximate surface area is 230 Å². The maximum absolute atomic E-state index is 6.58. The second-order valence-electron chi connectivity index (χ2n) is 10.4. The highest BCUT2D eigenvalue weighted by molar-refractivity contribution is 5.26. The molecule has 0 bridgehead atoms. The summed E-state index contributed by atoms with van der Waals surface area (Å²) in [5.41, 5.74) is 3.15. The van der Waals surface area contributed by atoms with E-state index >= 15 is 0 Å². The van der Waals surface area contributed by atoms with Gasteiger partial charge in [0.15, 0.2) is 5.79 Å². The Hall–Kier alpha value is -2.78. The van der Waals surface area contributed by atoms with Gasteiger partial charge in [0.1, 0.15) is 42.4 Å². The van der Waals surface area contributed by atoms with Crippen LogP contribution in [0.4, 0.5) is 0 Å². The molecule has 1 saturated carbocycles. The lowest BCUT2D eigenvalue weighted by atomic mass is 9.84. The predicted octanol–water partition coefficient (Wildman–Crippen LogP) is 5.30. The molecule has 5 rings (SSSR count). The number of hydrogen-bond acceptors (Lipinski definition) is 7. The molecule has 7 heteroatoms. The molecule has 1 aliphatic carbocycles. The molecule has 1 heterocycles. The van der Waals surface area contributed by atoms with E-state index in [2.05, 4.69) is 0 Å². The van der Waals surface area contributed by atoms with Gasteiger partial charge in [0.2, 0.25) is 0 Å². The zero-order valence-corrected chi connectivity index (χ0v) is 23.0. The Bertz CT molecular complexity index is 1150. The van der Waals surface area contributed by atoms with Crippen molar-refractivity contribution in [2.45, 2.75) is 76.1 Å². The highest BCUT2D eigenvalue weighted by Crippen LogP contribution is 2.42. The standard InChI is InChI=1S/C32H38O7/c1-32(2)38-30-28(36-21-24-15-17-25(33-3)18-16-24)26(34-4)27(35-19-22-11-7-5-8-12-22)29(31(30)39-32)37-20-23-13-9-6-10-14-23/h5-18,26-31H,19-21H2,1-4H3/t26-,27-,28+,29+,30-,31+/m0/s1. The van der Waals surface area contributed by atoms with Gasteiger partial charge in [-0.25, -0.2) is 0 Å². The molecule has 39 heavy (non-hydrogen) atoms. The van der Waals surface area contributed by atoms with Gasteiger partial charge in [-0.05, 0) is 42.7 Å². The molecule has 0 amide bonds. The van der Waals surface area contributed by atoms with Gasteiger partial charge < -0.3 is 33.2 Å². The molecule has 3 aromatic rings. The number of hydrogen-bond donors (Lipinski definition) is 0. The number of methoxy groups -OCH3 is 2. The average Bonchev–Trinajstić information content (AvgIpc) is 3.29. The fourth-order valence-electron chi connectivity index (χ4n) is 5.36. The van der Waals surface area contributed by atoms with Crippen molar-refractivity contribution in [3.8, 4) is 5.75 Å². The first-order valence-electron chi connectivity index (χ1n) is 13.4. The van der Waals surface area contributed by atoms with Gasteiger partial charge in [0, 0.05) is 7.11 Å². The van der Waals surface area contributed by atoms with Crippen molar-refractivity contribution >= 4 is 0 Å². The van der Waals surface area contributed by atoms with Gasteiger partial charge in [-0.3, -0.25) is 0 Å². The normalized spacial score (nSPS) is 27.7. The van der Waals surface area contributed by atoms with E-state index in [0.29, 0.717) is 19.8 Å². The fourth-order valence-corrected chi connectivity index (χ4v) is 5.36. The Balaban J connectivity index is 1.42. The van der Waals surface area contributed by atoms with Gasteiger partial charge in [-0.2, -0.15) is 0 Å². The fraction of sp³-hybridized carbons (Fsp3) is 0.438. The summed E-state index contributed by atoms with van der Waals surface area (Å²) in [6, 6.07) is 28.0. The SMILES string of the molecule is COc1ccc(CO[C@@H]2[C@@H](OC)[C@H](OCc3ccccc3)[C@@H](OCc3ccccc3)[C@H]3OC(C)(C)O[C@@H]23)cc1. The van der Waals surface area contributed by atoms with Crippen LogP contribution in [-0.4, -0.2) is 56.6 Å². The largest absolute Gasteiger partial charge is 0.497 e. The first-order chi connectivity index (χ1) is 19.0. The van der Waals surface area contributed by atoms with Crippen LogP contribution in [0.25, 0.3) is 0 Å². The molecule has 2 aliphatic rings. The molecular formula is C32H38O7. The molecule has 0 radical (unpaired) electrons. The van der Waals surface area contributed by atoms with Crippen molar-refractivity contribution in [1.29, 1.82) is 0 Å². The predicted molar refractivity (Wildman–Crippen MR) is 146 cm³/mol. The van der Waals surface area contributed by atoms with E-state index in [0.717, 1.165) is 22.4 Å². The molecule has 6 atom stereocenters. The Kier molecular flexibility index (Phi) is 8.97. The Morgan fingerprint density at radius 1 is 0.564 bits per heavy atom. The molecule has 1 saturated heterocycles. The van der Waals surface area contributed by atoms with Crippen LogP contribution in [0.3, 0.4) is 0 Å². The van der Waals surface area contributed by atoms with Crippen LogP contribution in [0.1, 0.15) is 30.5 Å². The minimum atomic E-state index is -0.808. The summed E-state index contributed by atoms with van der Waals surface area (Å²) < 4.78 is 44.0. The first-order valence-corrected chi connectivity index (χ1v) is 13.4. The molecular weight excluding hydrogens is 496 g/mol. The molecule has 1 aliphatic heterocycles. The van der Waals surface area contributed by atoms with Gasteiger partial charge >= 0.3 is 0 Å². The van der Waals surface area contributed by atoms with Crippen molar-refractivity contribution in [3.63, 3.8) is 0 Å². The Morgan fingerprint density at radius 3 is 1.46 bits per heavy atom. The maximum atomic E-state index is 6.58. The third kappa shape index (κ3) is 6.69. The van der Waals surface area contributed by atoms with Crippen molar-refractivity contribution in [1.82, 2.24) is 0 Å². The van der Waals surface area contributed by atoms with E-state index < -0.39 is 42.4 Å². The number of benzene rings is 3. The average molecular weight is 535 g/mol. The lowest BCUT2D eigenvalue weighted by molar-refractivity contribution is -0.245. The van der Waals surface area contributed by atoms with Crippen molar-refractivity contribution in [2.24, 2.45) is 0 Å². The lowest BCUT2D eigenvalue weighted by Crippen LogP contribution is -2.65. The quantitative estimate of drug-likeness (QED) is 0.331. The summed E-state index contributed by atoms with van der Waals surface area (Å²) in [7, 11) is 3.34. The second kappa shape index (κ2) is 12.6. The van der Waals surface area contributed by atoms with Crippen molar-refractivity contribution in [3.05, 3.63) is 102 Å². The summed E-state index contributed by atoms with van der Waals surface area (Å²) in [6.45, 7) is 5.03. The molecule has 0 N–H and O–H groups in total. The highest BCUT2D eigenvalue weighted by atomic mass is 16.8. The van der Waals surface area contributed by atoms with E-state index in [4.69, 9.17) is 33.2 Å². The molecule has 3 aromatic carbocycles. The van der Waals surface area contributed by atoms with Gasteiger partial charge in [0.25, 0.3) is 0 Å². The topological polar surface area (TPSA) is 64.6 Å². The highest BCUT2D eigenvalue weighted by Gasteiger charge is 2.60. The molecule has 0 aromatic heterocycles. The van der Waals surface area contributed by atoms with Crippen molar-refractivity contribution in [2.75, 3.05) is 14.2 Å². The van der Waals surface area contributed by atoms with Crippen LogP contribution < -0.4 is 4.74 Å². The second-order valence-corrected chi connectivity index (χ2v) is 10.4. The van der Waals surface area contributed by atoms with Gasteiger partial charge in [0.05, 0.1) is 26.9 Å². The lowest BCUT2D eigenvalue weighted by Gasteiger charge is -2.46.